The van der Waals surface area contributed by atoms with Crippen LogP contribution in [0.1, 0.15) is 129 Å². The number of fused-ring (bicyclic) bond motifs is 2. The van der Waals surface area contributed by atoms with Gasteiger partial charge in [-0.25, -0.2) is 4.79 Å². The van der Waals surface area contributed by atoms with Gasteiger partial charge in [-0.05, 0) is 63.8 Å². The molecule has 0 atom stereocenters. The SMILES string of the molecule is CCCC(=O)c1cc(C(=O)CCC)c2c(c1)[N+](CCCS(=O)(=O)O)=C(/C=C/C=C/C=C1/N(CCCS(=O)(=O)O)c3cc(S(=O)(=O)O)cc(C(=O)OCCCS(=O)(=O)O)c3C1(C)C)C2(C)C. The van der Waals surface area contributed by atoms with Gasteiger partial charge in [0.2, 0.25) is 5.69 Å². The first-order chi connectivity index (χ1) is 29.9. The third kappa shape index (κ3) is 13.4. The third-order valence-electron chi connectivity index (χ3n) is 11.1. The van der Waals surface area contributed by atoms with Crippen LogP contribution in [0.5, 0.6) is 0 Å². The molecule has 2 aliphatic rings. The highest BCUT2D eigenvalue weighted by Gasteiger charge is 2.48. The largest absolute Gasteiger partial charge is 0.462 e. The Morgan fingerprint density at radius 3 is 1.86 bits per heavy atom. The first-order valence-corrected chi connectivity index (χ1v) is 27.1. The van der Waals surface area contributed by atoms with Gasteiger partial charge in [0.15, 0.2) is 17.3 Å². The molecule has 0 saturated heterocycles. The summed E-state index contributed by atoms with van der Waals surface area (Å²) in [5.74, 6) is -3.33. The monoisotopic (exact) mass is 985 g/mol. The van der Waals surface area contributed by atoms with Crippen LogP contribution >= 0.6 is 0 Å². The lowest BCUT2D eigenvalue weighted by Gasteiger charge is -2.27. The molecule has 65 heavy (non-hydrogen) atoms. The second kappa shape index (κ2) is 20.6. The van der Waals surface area contributed by atoms with E-state index in [2.05, 4.69) is 0 Å². The Bertz CT molecular complexity index is 2800. The fourth-order valence-corrected chi connectivity index (χ4v) is 10.3. The number of esters is 1. The summed E-state index contributed by atoms with van der Waals surface area (Å²) in [5.41, 5.74) is 0.983. The Morgan fingerprint density at radius 1 is 0.692 bits per heavy atom. The topological polar surface area (TPSA) is 284 Å². The minimum absolute atomic E-state index is 0.00145. The number of hydrogen-bond acceptors (Lipinski definition) is 13. The minimum atomic E-state index is -4.96. The molecule has 0 aromatic heterocycles. The van der Waals surface area contributed by atoms with E-state index in [0.29, 0.717) is 46.6 Å². The molecular formula is C43H57N2O16S4+. The Hall–Kier alpha value is -4.42. The molecule has 0 amide bonds. The summed E-state index contributed by atoms with van der Waals surface area (Å²) >= 11 is 0. The van der Waals surface area contributed by atoms with Gasteiger partial charge in [0.1, 0.15) is 6.54 Å². The van der Waals surface area contributed by atoms with Crippen LogP contribution in [0.25, 0.3) is 0 Å². The van der Waals surface area contributed by atoms with Crippen molar-refractivity contribution in [3.63, 3.8) is 0 Å². The van der Waals surface area contributed by atoms with Crippen molar-refractivity contribution < 1.29 is 75.6 Å². The zero-order valence-electron chi connectivity index (χ0n) is 37.1. The lowest BCUT2D eigenvalue weighted by molar-refractivity contribution is -0.437. The molecule has 4 rings (SSSR count). The normalized spacial score (nSPS) is 16.8. The quantitative estimate of drug-likeness (QED) is 0.0246. The van der Waals surface area contributed by atoms with Gasteiger partial charge in [-0.3, -0.25) is 27.8 Å². The number of ether oxygens (including phenoxy) is 1. The number of benzene rings is 2. The fraction of sp³-hybridized carbons (Fsp3) is 0.488. The minimum Gasteiger partial charge on any atom is -0.462 e. The maximum Gasteiger partial charge on any atom is 0.338 e. The van der Waals surface area contributed by atoms with Crippen molar-refractivity contribution in [3.8, 4) is 0 Å². The predicted molar refractivity (Wildman–Crippen MR) is 244 cm³/mol. The van der Waals surface area contributed by atoms with Gasteiger partial charge < -0.3 is 9.64 Å². The average Bonchev–Trinajstić information content (AvgIpc) is 3.52. The summed E-state index contributed by atoms with van der Waals surface area (Å²) < 4.78 is 140. The van der Waals surface area contributed by atoms with E-state index >= 15 is 0 Å². The Kier molecular flexibility index (Phi) is 16.9. The van der Waals surface area contributed by atoms with Crippen LogP contribution in [-0.4, -0.2) is 117 Å². The highest BCUT2D eigenvalue weighted by molar-refractivity contribution is 7.86. The summed E-state index contributed by atoms with van der Waals surface area (Å²) in [6.45, 7) is 10.4. The van der Waals surface area contributed by atoms with Gasteiger partial charge in [-0.2, -0.15) is 38.2 Å². The summed E-state index contributed by atoms with van der Waals surface area (Å²) in [6.07, 6.45) is 9.46. The Labute approximate surface area is 381 Å². The number of carbonyl (C=O) groups is 3. The molecule has 0 spiro atoms. The fourth-order valence-electron chi connectivity index (χ4n) is 8.31. The molecule has 2 aromatic carbocycles. The van der Waals surface area contributed by atoms with Gasteiger partial charge in [0.05, 0.1) is 45.3 Å². The van der Waals surface area contributed by atoms with E-state index in [0.717, 1.165) is 12.1 Å². The molecule has 0 radical (unpaired) electrons. The van der Waals surface area contributed by atoms with Crippen LogP contribution in [-0.2, 0) is 56.0 Å². The molecule has 22 heteroatoms. The van der Waals surface area contributed by atoms with E-state index in [-0.39, 0.29) is 73.6 Å². The summed E-state index contributed by atoms with van der Waals surface area (Å²) in [6, 6.07) is 5.35. The third-order valence-corrected chi connectivity index (χ3v) is 14.3. The highest BCUT2D eigenvalue weighted by atomic mass is 32.2. The lowest BCUT2D eigenvalue weighted by atomic mass is 9.77. The lowest BCUT2D eigenvalue weighted by Crippen LogP contribution is -2.29. The van der Waals surface area contributed by atoms with Crippen molar-refractivity contribution in [2.75, 3.05) is 41.9 Å². The van der Waals surface area contributed by atoms with Crippen LogP contribution in [0.2, 0.25) is 0 Å². The molecule has 0 aliphatic carbocycles. The second-order valence-electron chi connectivity index (χ2n) is 16.9. The first-order valence-electron chi connectivity index (χ1n) is 20.9. The van der Waals surface area contributed by atoms with Crippen molar-refractivity contribution in [3.05, 3.63) is 88.2 Å². The molecule has 0 unspecified atom stereocenters. The van der Waals surface area contributed by atoms with Gasteiger partial charge in [-0.1, -0.05) is 45.9 Å². The van der Waals surface area contributed by atoms with Gasteiger partial charge in [0.25, 0.3) is 40.5 Å². The van der Waals surface area contributed by atoms with Crippen molar-refractivity contribution in [1.29, 1.82) is 0 Å². The van der Waals surface area contributed by atoms with Gasteiger partial charge >= 0.3 is 5.97 Å². The number of ketones is 2. The second-order valence-corrected chi connectivity index (χ2v) is 23.0. The first kappa shape index (κ1) is 53.2. The van der Waals surface area contributed by atoms with E-state index < -0.39 is 86.0 Å². The zero-order chi connectivity index (χ0) is 48.9. The van der Waals surface area contributed by atoms with Gasteiger partial charge in [0, 0.05) is 71.4 Å². The Balaban J connectivity index is 1.86. The number of Topliss-reactive ketones (excluding diaryl/α,β-unsaturated/α-hetero) is 2. The number of allylic oxidation sites excluding steroid dienone is 6. The highest BCUT2D eigenvalue weighted by Crippen LogP contribution is 2.51. The van der Waals surface area contributed by atoms with Crippen LogP contribution in [0.4, 0.5) is 11.4 Å². The Morgan fingerprint density at radius 2 is 1.28 bits per heavy atom. The van der Waals surface area contributed by atoms with Crippen molar-refractivity contribution in [2.45, 2.75) is 102 Å². The molecule has 0 bridgehead atoms. The summed E-state index contributed by atoms with van der Waals surface area (Å²) in [7, 11) is -18.1. The maximum absolute atomic E-state index is 13.7. The molecule has 2 heterocycles. The van der Waals surface area contributed by atoms with Crippen molar-refractivity contribution in [1.82, 2.24) is 0 Å². The molecule has 2 aliphatic heterocycles. The number of nitrogens with zero attached hydrogens (tertiary/aromatic N) is 2. The van der Waals surface area contributed by atoms with Crippen molar-refractivity contribution >= 4 is 75.1 Å². The van der Waals surface area contributed by atoms with Crippen LogP contribution in [0, 0.1) is 0 Å². The number of rotatable bonds is 23. The van der Waals surface area contributed by atoms with E-state index in [4.69, 9.17) is 9.29 Å². The summed E-state index contributed by atoms with van der Waals surface area (Å²) in [4.78, 5) is 41.3. The van der Waals surface area contributed by atoms with Gasteiger partial charge in [-0.15, -0.1) is 0 Å². The molecule has 0 fully saturated rings. The molecule has 0 saturated carbocycles. The molecular weight excluding hydrogens is 929 g/mol. The molecule has 2 aromatic rings. The van der Waals surface area contributed by atoms with Crippen LogP contribution < -0.4 is 4.90 Å². The van der Waals surface area contributed by atoms with Crippen LogP contribution in [0.3, 0.4) is 0 Å². The average molecular weight is 986 g/mol. The van der Waals surface area contributed by atoms with E-state index in [1.165, 1.54) is 4.90 Å². The predicted octanol–water partition coefficient (Wildman–Crippen LogP) is 6.06. The molecule has 358 valence electrons. The van der Waals surface area contributed by atoms with E-state index in [1.54, 1.807) is 56.4 Å². The number of carbonyl (C=O) groups excluding carboxylic acids is 3. The summed E-state index contributed by atoms with van der Waals surface area (Å²) in [5, 5.41) is 0. The molecule has 4 N–H and O–H groups in total. The van der Waals surface area contributed by atoms with E-state index in [9.17, 15) is 61.7 Å². The maximum atomic E-state index is 13.7. The zero-order valence-corrected chi connectivity index (χ0v) is 40.4. The molecule has 18 nitrogen and oxygen atoms in total. The van der Waals surface area contributed by atoms with Crippen LogP contribution in [0.15, 0.2) is 65.2 Å². The smallest absolute Gasteiger partial charge is 0.338 e. The van der Waals surface area contributed by atoms with Crippen molar-refractivity contribution in [2.24, 2.45) is 0 Å². The number of anilines is 1. The standard InChI is InChI=1S/C43H56N2O16S4/c1-7-15-35(46)29-25-31(36(47)16-8-2)39-33(26-29)44(19-12-22-62(49,50)51)37(42(39,3)4)17-10-9-11-18-38-43(5,6)40-32(41(48)61-21-14-24-64(55,56)57)27-30(65(58,59)60)28-34(40)45(38)20-13-23-63(52,53)54/h9-11,17-18,25-28H,7-8,12-16,19-24H2,1-6H3,(H3-,49,50,51,52,53,54,55,56,57,58,59,60)/p+1. The number of hydrogen-bond donors (Lipinski definition) is 4. The van der Waals surface area contributed by atoms with E-state index in [1.807, 2.05) is 32.3 Å².